The third-order valence-corrected chi connectivity index (χ3v) is 6.95. The van der Waals surface area contributed by atoms with Crippen LogP contribution in [0.2, 0.25) is 0 Å². The predicted molar refractivity (Wildman–Crippen MR) is 138 cm³/mol. The number of aromatic nitrogens is 3. The number of esters is 1. The van der Waals surface area contributed by atoms with Crippen LogP contribution in [0.4, 0.5) is 15.9 Å². The molecule has 0 aliphatic carbocycles. The van der Waals surface area contributed by atoms with E-state index in [0.717, 1.165) is 25.7 Å². The maximum atomic E-state index is 14.7. The summed E-state index contributed by atoms with van der Waals surface area (Å²) in [5.74, 6) is 5.45. The minimum Gasteiger partial charge on any atom is -0.469 e. The van der Waals surface area contributed by atoms with Gasteiger partial charge in [0.15, 0.2) is 0 Å². The molecule has 3 N–H and O–H groups in total. The van der Waals surface area contributed by atoms with Crippen molar-refractivity contribution in [3.8, 4) is 23.1 Å². The molecule has 0 spiro atoms. The number of aryl methyl sites for hydroxylation is 1. The average Bonchev–Trinajstić information content (AvgIpc) is 3.21. The van der Waals surface area contributed by atoms with Crippen molar-refractivity contribution in [3.63, 3.8) is 0 Å². The largest absolute Gasteiger partial charge is 0.469 e. The third kappa shape index (κ3) is 6.51. The zero-order chi connectivity index (χ0) is 26.3. The quantitative estimate of drug-likeness (QED) is 0.237. The Balaban J connectivity index is 1.80. The van der Waals surface area contributed by atoms with Crippen LogP contribution >= 0.6 is 0 Å². The summed E-state index contributed by atoms with van der Waals surface area (Å²) in [5.41, 5.74) is 8.23. The van der Waals surface area contributed by atoms with Gasteiger partial charge < -0.3 is 10.5 Å². The molecule has 0 saturated heterocycles. The van der Waals surface area contributed by atoms with Crippen molar-refractivity contribution in [3.05, 3.63) is 35.8 Å². The summed E-state index contributed by atoms with van der Waals surface area (Å²) < 4.78 is 46.8. The smallest absolute Gasteiger partial charge is 0.305 e. The molecule has 0 saturated carbocycles. The van der Waals surface area contributed by atoms with E-state index in [4.69, 9.17) is 5.73 Å². The highest BCUT2D eigenvalue weighted by atomic mass is 32.2. The van der Waals surface area contributed by atoms with Crippen molar-refractivity contribution in [2.75, 3.05) is 23.3 Å². The van der Waals surface area contributed by atoms with Crippen LogP contribution < -0.4 is 10.5 Å². The van der Waals surface area contributed by atoms with Gasteiger partial charge in [-0.05, 0) is 31.9 Å². The third-order valence-electron chi connectivity index (χ3n) is 5.66. The first-order valence-electron chi connectivity index (χ1n) is 11.6. The van der Waals surface area contributed by atoms with Crippen molar-refractivity contribution >= 4 is 38.4 Å². The standard InChI is InChI=1S/C25H30FN5O4S/c1-4-36(33,34)30-20-14-13-17(15-19(20)26)23-22-24(31(2)29-23)18(16-28-25(22)27)11-9-7-5-6-8-10-12-21(32)35-3/h13-16,30H,4-8,10,12H2,1-3H3,(H2,27,28). The number of nitrogen functional groups attached to an aromatic ring is 1. The molecule has 2 aromatic heterocycles. The number of ether oxygens (including phenoxy) is 1. The Morgan fingerprint density at radius 2 is 2.00 bits per heavy atom. The number of halogens is 1. The van der Waals surface area contributed by atoms with Crippen molar-refractivity contribution in [1.29, 1.82) is 0 Å². The fourth-order valence-electron chi connectivity index (χ4n) is 3.71. The van der Waals surface area contributed by atoms with E-state index in [2.05, 4.69) is 31.4 Å². The number of benzene rings is 1. The van der Waals surface area contributed by atoms with Gasteiger partial charge in [0.25, 0.3) is 0 Å². The van der Waals surface area contributed by atoms with Gasteiger partial charge in [-0.1, -0.05) is 30.7 Å². The summed E-state index contributed by atoms with van der Waals surface area (Å²) in [6.07, 6.45) is 6.32. The first-order valence-corrected chi connectivity index (χ1v) is 13.3. The van der Waals surface area contributed by atoms with E-state index >= 15 is 0 Å². The van der Waals surface area contributed by atoms with Crippen LogP contribution in [-0.2, 0) is 26.6 Å². The van der Waals surface area contributed by atoms with Gasteiger partial charge in [-0.15, -0.1) is 0 Å². The molecule has 0 amide bonds. The molecule has 0 aliphatic rings. The Hall–Kier alpha value is -3.65. The maximum Gasteiger partial charge on any atom is 0.305 e. The predicted octanol–water partition coefficient (Wildman–Crippen LogP) is 3.98. The molecule has 3 rings (SSSR count). The van der Waals surface area contributed by atoms with Crippen LogP contribution in [0.15, 0.2) is 24.4 Å². The van der Waals surface area contributed by atoms with Gasteiger partial charge in [0.1, 0.15) is 17.3 Å². The van der Waals surface area contributed by atoms with Crippen LogP contribution in [-0.4, -0.2) is 42.0 Å². The lowest BCUT2D eigenvalue weighted by molar-refractivity contribution is -0.140. The van der Waals surface area contributed by atoms with E-state index in [1.165, 1.54) is 26.2 Å². The Kier molecular flexibility index (Phi) is 8.88. The average molecular weight is 516 g/mol. The molecule has 0 bridgehead atoms. The van der Waals surface area contributed by atoms with Gasteiger partial charge >= 0.3 is 5.97 Å². The highest BCUT2D eigenvalue weighted by Crippen LogP contribution is 2.34. The summed E-state index contributed by atoms with van der Waals surface area (Å²) in [6.45, 7) is 1.47. The summed E-state index contributed by atoms with van der Waals surface area (Å²) in [7, 11) is -0.474. The SMILES string of the molecule is CCS(=O)(=O)Nc1ccc(-c2nn(C)c3c(C#CCCCCCCC(=O)OC)cnc(N)c23)cc1F. The Bertz CT molecular complexity index is 1420. The van der Waals surface area contributed by atoms with E-state index in [1.54, 1.807) is 24.0 Å². The number of hydrogen-bond acceptors (Lipinski definition) is 7. The summed E-state index contributed by atoms with van der Waals surface area (Å²) in [4.78, 5) is 15.4. The summed E-state index contributed by atoms with van der Waals surface area (Å²) in [6, 6.07) is 4.15. The number of anilines is 2. The minimum absolute atomic E-state index is 0.135. The number of methoxy groups -OCH3 is 1. The fourth-order valence-corrected chi connectivity index (χ4v) is 4.35. The van der Waals surface area contributed by atoms with E-state index in [-0.39, 0.29) is 23.2 Å². The second-order valence-electron chi connectivity index (χ2n) is 8.25. The zero-order valence-corrected chi connectivity index (χ0v) is 21.4. The molecule has 0 aliphatic heterocycles. The molecule has 9 nitrogen and oxygen atoms in total. The van der Waals surface area contributed by atoms with Crippen molar-refractivity contribution in [1.82, 2.24) is 14.8 Å². The van der Waals surface area contributed by atoms with Crippen LogP contribution in [0.3, 0.4) is 0 Å². The minimum atomic E-state index is -3.61. The lowest BCUT2D eigenvalue weighted by Gasteiger charge is -2.08. The summed E-state index contributed by atoms with van der Waals surface area (Å²) >= 11 is 0. The number of nitrogens with zero attached hydrogens (tertiary/aromatic N) is 3. The molecule has 11 heteroatoms. The number of carbonyl (C=O) groups is 1. The van der Waals surface area contributed by atoms with Crippen LogP contribution in [0.1, 0.15) is 51.0 Å². The number of sulfonamides is 1. The van der Waals surface area contributed by atoms with Gasteiger partial charge in [0.05, 0.1) is 35.0 Å². The molecular formula is C25H30FN5O4S. The second kappa shape index (κ2) is 11.9. The van der Waals surface area contributed by atoms with Crippen LogP contribution in [0, 0.1) is 17.7 Å². The Morgan fingerprint density at radius 1 is 1.25 bits per heavy atom. The number of nitrogens with one attached hydrogen (secondary N) is 1. The molecule has 2 heterocycles. The van der Waals surface area contributed by atoms with Gasteiger partial charge in [0, 0.05) is 31.6 Å². The molecule has 0 radical (unpaired) electrons. The van der Waals surface area contributed by atoms with Crippen LogP contribution in [0.5, 0.6) is 0 Å². The molecule has 192 valence electrons. The lowest BCUT2D eigenvalue weighted by atomic mass is 10.1. The molecule has 0 fully saturated rings. The van der Waals surface area contributed by atoms with E-state index in [9.17, 15) is 17.6 Å². The van der Waals surface area contributed by atoms with Crippen molar-refractivity contribution in [2.24, 2.45) is 7.05 Å². The Labute approximate surface area is 210 Å². The normalized spacial score (nSPS) is 11.2. The molecular weight excluding hydrogens is 485 g/mol. The second-order valence-corrected chi connectivity index (χ2v) is 10.3. The Morgan fingerprint density at radius 3 is 2.69 bits per heavy atom. The van der Waals surface area contributed by atoms with Gasteiger partial charge in [-0.2, -0.15) is 5.10 Å². The summed E-state index contributed by atoms with van der Waals surface area (Å²) in [5, 5.41) is 5.08. The molecule has 3 aromatic rings. The monoisotopic (exact) mass is 515 g/mol. The zero-order valence-electron chi connectivity index (χ0n) is 20.6. The molecule has 1 aromatic carbocycles. The van der Waals surface area contributed by atoms with Crippen molar-refractivity contribution in [2.45, 2.75) is 45.4 Å². The number of hydrogen-bond donors (Lipinski definition) is 2. The number of rotatable bonds is 10. The number of carbonyl (C=O) groups excluding carboxylic acids is 1. The maximum absolute atomic E-state index is 14.7. The topological polar surface area (TPSA) is 129 Å². The first-order chi connectivity index (χ1) is 17.2. The van der Waals surface area contributed by atoms with E-state index in [0.29, 0.717) is 40.6 Å². The van der Waals surface area contributed by atoms with E-state index in [1.807, 2.05) is 0 Å². The number of fused-ring (bicyclic) bond motifs is 1. The first kappa shape index (κ1) is 26.9. The van der Waals surface area contributed by atoms with Gasteiger partial charge in [-0.25, -0.2) is 17.8 Å². The van der Waals surface area contributed by atoms with Gasteiger partial charge in [-0.3, -0.25) is 14.2 Å². The highest BCUT2D eigenvalue weighted by molar-refractivity contribution is 7.92. The number of unbranched alkanes of at least 4 members (excludes halogenated alkanes) is 4. The van der Waals surface area contributed by atoms with E-state index < -0.39 is 15.8 Å². The number of nitrogens with two attached hydrogens (primary N) is 1. The fraction of sp³-hybridized carbons (Fsp3) is 0.400. The van der Waals surface area contributed by atoms with Crippen LogP contribution in [0.25, 0.3) is 22.2 Å². The molecule has 0 atom stereocenters. The highest BCUT2D eigenvalue weighted by Gasteiger charge is 2.19. The lowest BCUT2D eigenvalue weighted by Crippen LogP contribution is -2.15. The van der Waals surface area contributed by atoms with Crippen molar-refractivity contribution < 1.29 is 22.3 Å². The number of pyridine rings is 1. The molecule has 36 heavy (non-hydrogen) atoms. The molecule has 0 unspecified atom stereocenters. The van der Waals surface area contributed by atoms with Gasteiger partial charge in [0.2, 0.25) is 10.0 Å².